The molecule has 6 nitrogen and oxygen atoms in total. The van der Waals surface area contributed by atoms with Crippen LogP contribution in [0.25, 0.3) is 0 Å². The number of nitrogens with zero attached hydrogens (tertiary/aromatic N) is 1. The van der Waals surface area contributed by atoms with Crippen LogP contribution in [0.5, 0.6) is 5.75 Å². The summed E-state index contributed by atoms with van der Waals surface area (Å²) in [4.78, 5) is 14.0. The van der Waals surface area contributed by atoms with Crippen molar-refractivity contribution >= 4 is 6.03 Å². The monoisotopic (exact) mass is 343 g/mol. The van der Waals surface area contributed by atoms with Gasteiger partial charge in [0.15, 0.2) is 0 Å². The predicted octanol–water partition coefficient (Wildman–Crippen LogP) is 1.81. The Bertz CT molecular complexity index is 494. The van der Waals surface area contributed by atoms with E-state index in [-0.39, 0.29) is 11.8 Å². The number of carbonyl (C=O) groups is 1. The van der Waals surface area contributed by atoms with Gasteiger partial charge < -0.3 is 20.1 Å². The molecule has 1 fully saturated rings. The van der Waals surface area contributed by atoms with E-state index in [0.717, 1.165) is 44.8 Å². The van der Waals surface area contributed by atoms with Crippen LogP contribution in [0, 0.1) is 0 Å². The third kappa shape index (κ3) is 7.10. The molecule has 1 aromatic rings. The Balaban J connectivity index is 1.57. The van der Waals surface area contributed by atoms with Gasteiger partial charge >= 0.3 is 12.6 Å². The molecule has 0 unspecified atom stereocenters. The number of hydrogen-bond donors (Lipinski definition) is 2. The van der Waals surface area contributed by atoms with Crippen molar-refractivity contribution in [3.8, 4) is 5.75 Å². The van der Waals surface area contributed by atoms with Crippen molar-refractivity contribution in [1.82, 2.24) is 15.5 Å². The largest absolute Gasteiger partial charge is 0.435 e. The zero-order valence-corrected chi connectivity index (χ0v) is 13.5. The molecular weight excluding hydrogens is 320 g/mol. The summed E-state index contributed by atoms with van der Waals surface area (Å²) < 4.78 is 33.6. The van der Waals surface area contributed by atoms with E-state index >= 15 is 0 Å². The number of morpholine rings is 1. The van der Waals surface area contributed by atoms with E-state index in [1.54, 1.807) is 12.1 Å². The number of amides is 2. The second-order valence-corrected chi connectivity index (χ2v) is 5.44. The summed E-state index contributed by atoms with van der Waals surface area (Å²) in [7, 11) is 0. The highest BCUT2D eigenvalue weighted by atomic mass is 19.3. The second-order valence-electron chi connectivity index (χ2n) is 5.44. The Morgan fingerprint density at radius 2 is 1.92 bits per heavy atom. The lowest BCUT2D eigenvalue weighted by Crippen LogP contribution is -2.39. The molecule has 0 bridgehead atoms. The summed E-state index contributed by atoms with van der Waals surface area (Å²) >= 11 is 0. The molecule has 0 saturated carbocycles. The average molecular weight is 343 g/mol. The zero-order valence-electron chi connectivity index (χ0n) is 13.5. The topological polar surface area (TPSA) is 62.8 Å². The van der Waals surface area contributed by atoms with Gasteiger partial charge in [-0.15, -0.1) is 0 Å². The normalized spacial score (nSPS) is 15.3. The molecular formula is C16H23F2N3O3. The first kappa shape index (κ1) is 18.4. The standard InChI is InChI=1S/C16H23F2N3O3/c17-15(18)24-14-4-2-13(3-5-14)12-20-16(22)19-6-1-7-21-8-10-23-11-9-21/h2-5,15H,1,6-12H2,(H2,19,20,22). The third-order valence-corrected chi connectivity index (χ3v) is 3.64. The van der Waals surface area contributed by atoms with Gasteiger partial charge in [0.05, 0.1) is 13.2 Å². The van der Waals surface area contributed by atoms with Gasteiger partial charge in [0, 0.05) is 26.2 Å². The summed E-state index contributed by atoms with van der Waals surface area (Å²) in [6.45, 7) is 2.46. The number of carbonyl (C=O) groups excluding carboxylic acids is 1. The number of ether oxygens (including phenoxy) is 2. The van der Waals surface area contributed by atoms with Gasteiger partial charge in [-0.2, -0.15) is 8.78 Å². The van der Waals surface area contributed by atoms with Gasteiger partial charge in [0.1, 0.15) is 5.75 Å². The fourth-order valence-electron chi connectivity index (χ4n) is 2.36. The van der Waals surface area contributed by atoms with Crippen LogP contribution in [0.4, 0.5) is 13.6 Å². The first-order valence-electron chi connectivity index (χ1n) is 7.99. The molecule has 0 radical (unpaired) electrons. The first-order chi connectivity index (χ1) is 11.6. The minimum atomic E-state index is -2.84. The van der Waals surface area contributed by atoms with Crippen LogP contribution in [0.15, 0.2) is 24.3 Å². The molecule has 2 N–H and O–H groups in total. The molecule has 8 heteroatoms. The number of benzene rings is 1. The quantitative estimate of drug-likeness (QED) is 0.707. The smallest absolute Gasteiger partial charge is 0.387 e. The molecule has 0 aliphatic carbocycles. The highest BCUT2D eigenvalue weighted by molar-refractivity contribution is 5.73. The lowest BCUT2D eigenvalue weighted by Gasteiger charge is -2.26. The molecule has 1 aliphatic heterocycles. The Morgan fingerprint density at radius 1 is 1.21 bits per heavy atom. The number of rotatable bonds is 8. The van der Waals surface area contributed by atoms with E-state index in [0.29, 0.717) is 13.1 Å². The van der Waals surface area contributed by atoms with Crippen molar-refractivity contribution < 1.29 is 23.0 Å². The van der Waals surface area contributed by atoms with Gasteiger partial charge in [0.2, 0.25) is 0 Å². The van der Waals surface area contributed by atoms with E-state index < -0.39 is 6.61 Å². The van der Waals surface area contributed by atoms with Crippen molar-refractivity contribution in [2.24, 2.45) is 0 Å². The molecule has 0 spiro atoms. The van der Waals surface area contributed by atoms with Gasteiger partial charge in [-0.1, -0.05) is 12.1 Å². The molecule has 1 aromatic carbocycles. The number of alkyl halides is 2. The lowest BCUT2D eigenvalue weighted by atomic mass is 10.2. The average Bonchev–Trinajstić information content (AvgIpc) is 2.58. The zero-order chi connectivity index (χ0) is 17.2. The van der Waals surface area contributed by atoms with Crippen LogP contribution in [-0.4, -0.2) is 56.9 Å². The molecule has 0 aromatic heterocycles. The van der Waals surface area contributed by atoms with E-state index in [1.165, 1.54) is 12.1 Å². The van der Waals surface area contributed by atoms with E-state index in [1.807, 2.05) is 0 Å². The van der Waals surface area contributed by atoms with Crippen LogP contribution in [0.2, 0.25) is 0 Å². The Hall–Kier alpha value is -1.93. The predicted molar refractivity (Wildman–Crippen MR) is 85.2 cm³/mol. The molecule has 1 heterocycles. The molecule has 134 valence electrons. The van der Waals surface area contributed by atoms with Crippen molar-refractivity contribution in [2.75, 3.05) is 39.4 Å². The van der Waals surface area contributed by atoms with Gasteiger partial charge in [0.25, 0.3) is 0 Å². The van der Waals surface area contributed by atoms with Crippen molar-refractivity contribution in [3.05, 3.63) is 29.8 Å². The molecule has 2 amide bonds. The molecule has 1 saturated heterocycles. The summed E-state index contributed by atoms with van der Waals surface area (Å²) in [5, 5.41) is 5.52. The lowest BCUT2D eigenvalue weighted by molar-refractivity contribution is -0.0498. The Kier molecular flexibility index (Phi) is 7.70. The van der Waals surface area contributed by atoms with Crippen LogP contribution in [-0.2, 0) is 11.3 Å². The van der Waals surface area contributed by atoms with Crippen LogP contribution < -0.4 is 15.4 Å². The van der Waals surface area contributed by atoms with Crippen LogP contribution >= 0.6 is 0 Å². The van der Waals surface area contributed by atoms with Gasteiger partial charge in [-0.25, -0.2) is 4.79 Å². The van der Waals surface area contributed by atoms with E-state index in [2.05, 4.69) is 20.3 Å². The first-order valence-corrected chi connectivity index (χ1v) is 7.99. The highest BCUT2D eigenvalue weighted by Crippen LogP contribution is 2.14. The second kappa shape index (κ2) is 10.0. The highest BCUT2D eigenvalue weighted by Gasteiger charge is 2.09. The summed E-state index contributed by atoms with van der Waals surface area (Å²) in [5.74, 6) is 0.0984. The summed E-state index contributed by atoms with van der Waals surface area (Å²) in [6.07, 6.45) is 0.882. The fourth-order valence-corrected chi connectivity index (χ4v) is 2.36. The maximum Gasteiger partial charge on any atom is 0.387 e. The maximum atomic E-state index is 12.0. The number of urea groups is 1. The van der Waals surface area contributed by atoms with Gasteiger partial charge in [-0.05, 0) is 30.7 Å². The van der Waals surface area contributed by atoms with Crippen LogP contribution in [0.3, 0.4) is 0 Å². The fraction of sp³-hybridized carbons (Fsp3) is 0.562. The molecule has 1 aliphatic rings. The molecule has 0 atom stereocenters. The Labute approximate surface area is 140 Å². The SMILES string of the molecule is O=C(NCCCN1CCOCC1)NCc1ccc(OC(F)F)cc1. The molecule has 24 heavy (non-hydrogen) atoms. The maximum absolute atomic E-state index is 12.0. The minimum absolute atomic E-state index is 0.0984. The minimum Gasteiger partial charge on any atom is -0.435 e. The van der Waals surface area contributed by atoms with Crippen molar-refractivity contribution in [2.45, 2.75) is 19.6 Å². The summed E-state index contributed by atoms with van der Waals surface area (Å²) in [6, 6.07) is 5.92. The van der Waals surface area contributed by atoms with E-state index in [9.17, 15) is 13.6 Å². The van der Waals surface area contributed by atoms with Crippen LogP contribution in [0.1, 0.15) is 12.0 Å². The number of hydrogen-bond acceptors (Lipinski definition) is 4. The van der Waals surface area contributed by atoms with Gasteiger partial charge in [-0.3, -0.25) is 4.90 Å². The summed E-state index contributed by atoms with van der Waals surface area (Å²) in [5.41, 5.74) is 0.806. The number of halogens is 2. The van der Waals surface area contributed by atoms with Crippen molar-refractivity contribution in [3.63, 3.8) is 0 Å². The Morgan fingerprint density at radius 3 is 2.58 bits per heavy atom. The third-order valence-electron chi connectivity index (χ3n) is 3.64. The van der Waals surface area contributed by atoms with Crippen molar-refractivity contribution in [1.29, 1.82) is 0 Å². The molecule has 2 rings (SSSR count). The van der Waals surface area contributed by atoms with E-state index in [4.69, 9.17) is 4.74 Å². The number of nitrogens with one attached hydrogen (secondary N) is 2.